The Kier molecular flexibility index (Phi) is 2.98. The molecular formula is C11H15N3S. The average Bonchev–Trinajstić information content (AvgIpc) is 2.59. The topological polar surface area (TPSA) is 51.8 Å². The standard InChI is InChI=1S/C11H15N3S/c1-3-8(12)5-10-9-4-7(2)15-11(9)14-6-13-10/h4,6,8H,3,5,12H2,1-2H3. The van der Waals surface area contributed by atoms with Crippen molar-refractivity contribution in [3.8, 4) is 0 Å². The van der Waals surface area contributed by atoms with Gasteiger partial charge in [-0.1, -0.05) is 6.92 Å². The molecule has 2 N–H and O–H groups in total. The largest absolute Gasteiger partial charge is 0.327 e. The Morgan fingerprint density at radius 1 is 1.47 bits per heavy atom. The molecule has 1 atom stereocenters. The van der Waals surface area contributed by atoms with Gasteiger partial charge in [0.25, 0.3) is 0 Å². The number of fused-ring (bicyclic) bond motifs is 1. The molecular weight excluding hydrogens is 206 g/mol. The number of thiophene rings is 1. The molecule has 0 aromatic carbocycles. The highest BCUT2D eigenvalue weighted by Gasteiger charge is 2.09. The second-order valence-corrected chi connectivity index (χ2v) is 5.00. The van der Waals surface area contributed by atoms with E-state index in [0.29, 0.717) is 0 Å². The van der Waals surface area contributed by atoms with E-state index in [2.05, 4.69) is 29.9 Å². The fourth-order valence-corrected chi connectivity index (χ4v) is 2.45. The van der Waals surface area contributed by atoms with Crippen LogP contribution in [0.5, 0.6) is 0 Å². The summed E-state index contributed by atoms with van der Waals surface area (Å²) in [4.78, 5) is 10.9. The number of nitrogens with zero attached hydrogens (tertiary/aromatic N) is 2. The summed E-state index contributed by atoms with van der Waals surface area (Å²) in [6, 6.07) is 2.35. The molecule has 0 radical (unpaired) electrons. The lowest BCUT2D eigenvalue weighted by atomic mass is 10.1. The van der Waals surface area contributed by atoms with Crippen molar-refractivity contribution in [2.24, 2.45) is 5.73 Å². The van der Waals surface area contributed by atoms with Gasteiger partial charge < -0.3 is 5.73 Å². The van der Waals surface area contributed by atoms with E-state index in [4.69, 9.17) is 5.73 Å². The van der Waals surface area contributed by atoms with Crippen molar-refractivity contribution in [2.45, 2.75) is 32.7 Å². The highest BCUT2D eigenvalue weighted by atomic mass is 32.1. The lowest BCUT2D eigenvalue weighted by Crippen LogP contribution is -2.22. The van der Waals surface area contributed by atoms with Gasteiger partial charge in [-0.15, -0.1) is 11.3 Å². The van der Waals surface area contributed by atoms with Crippen molar-refractivity contribution in [3.63, 3.8) is 0 Å². The summed E-state index contributed by atoms with van der Waals surface area (Å²) < 4.78 is 0. The van der Waals surface area contributed by atoms with Gasteiger partial charge in [0.2, 0.25) is 0 Å². The van der Waals surface area contributed by atoms with E-state index in [1.807, 2.05) is 0 Å². The summed E-state index contributed by atoms with van der Waals surface area (Å²) >= 11 is 1.71. The van der Waals surface area contributed by atoms with Gasteiger partial charge in [-0.05, 0) is 19.4 Å². The first-order valence-corrected chi connectivity index (χ1v) is 5.98. The van der Waals surface area contributed by atoms with Gasteiger partial charge in [-0.2, -0.15) is 0 Å². The van der Waals surface area contributed by atoms with Gasteiger partial charge in [-0.25, -0.2) is 9.97 Å². The number of nitrogens with two attached hydrogens (primary N) is 1. The summed E-state index contributed by atoms with van der Waals surface area (Å²) in [6.45, 7) is 4.19. The SMILES string of the molecule is CCC(N)Cc1ncnc2sc(C)cc12. The Hall–Kier alpha value is -1.00. The van der Waals surface area contributed by atoms with Crippen molar-refractivity contribution < 1.29 is 0 Å². The Bertz CT molecular complexity index is 464. The zero-order valence-electron chi connectivity index (χ0n) is 9.03. The van der Waals surface area contributed by atoms with Crippen LogP contribution in [0.3, 0.4) is 0 Å². The first-order valence-electron chi connectivity index (χ1n) is 5.16. The van der Waals surface area contributed by atoms with E-state index >= 15 is 0 Å². The molecule has 1 unspecified atom stereocenters. The molecule has 0 saturated carbocycles. The third-order valence-corrected chi connectivity index (χ3v) is 3.47. The number of hydrogen-bond acceptors (Lipinski definition) is 4. The van der Waals surface area contributed by atoms with Gasteiger partial charge in [0.1, 0.15) is 11.2 Å². The van der Waals surface area contributed by atoms with E-state index in [1.165, 1.54) is 10.3 Å². The number of aryl methyl sites for hydroxylation is 1. The van der Waals surface area contributed by atoms with Crippen LogP contribution in [-0.2, 0) is 6.42 Å². The second-order valence-electron chi connectivity index (χ2n) is 3.77. The molecule has 15 heavy (non-hydrogen) atoms. The highest BCUT2D eigenvalue weighted by Crippen LogP contribution is 2.25. The molecule has 2 aromatic heterocycles. The van der Waals surface area contributed by atoms with Crippen molar-refractivity contribution >= 4 is 21.6 Å². The normalized spacial score (nSPS) is 13.3. The molecule has 2 aromatic rings. The molecule has 0 saturated heterocycles. The maximum atomic E-state index is 5.95. The first-order chi connectivity index (χ1) is 7.20. The quantitative estimate of drug-likeness (QED) is 0.865. The van der Waals surface area contributed by atoms with Gasteiger partial charge >= 0.3 is 0 Å². The lowest BCUT2D eigenvalue weighted by Gasteiger charge is -2.07. The van der Waals surface area contributed by atoms with Crippen LogP contribution >= 0.6 is 11.3 Å². The van der Waals surface area contributed by atoms with E-state index in [1.54, 1.807) is 17.7 Å². The van der Waals surface area contributed by atoms with Gasteiger partial charge in [0, 0.05) is 22.7 Å². The maximum Gasteiger partial charge on any atom is 0.127 e. The van der Waals surface area contributed by atoms with Crippen LogP contribution in [0.25, 0.3) is 10.2 Å². The van der Waals surface area contributed by atoms with E-state index in [9.17, 15) is 0 Å². The zero-order chi connectivity index (χ0) is 10.8. The molecule has 0 aliphatic heterocycles. The summed E-state index contributed by atoms with van der Waals surface area (Å²) in [7, 11) is 0. The van der Waals surface area contributed by atoms with Crippen LogP contribution in [-0.4, -0.2) is 16.0 Å². The third kappa shape index (κ3) is 2.16. The van der Waals surface area contributed by atoms with E-state index < -0.39 is 0 Å². The number of rotatable bonds is 3. The average molecular weight is 221 g/mol. The Balaban J connectivity index is 2.41. The Morgan fingerprint density at radius 3 is 3.00 bits per heavy atom. The molecule has 3 nitrogen and oxygen atoms in total. The van der Waals surface area contributed by atoms with Gasteiger partial charge in [-0.3, -0.25) is 0 Å². The van der Waals surface area contributed by atoms with Crippen LogP contribution < -0.4 is 5.73 Å². The number of hydrogen-bond donors (Lipinski definition) is 1. The molecule has 4 heteroatoms. The predicted molar refractivity (Wildman–Crippen MR) is 64.1 cm³/mol. The number of aromatic nitrogens is 2. The van der Waals surface area contributed by atoms with Crippen LogP contribution in [0.4, 0.5) is 0 Å². The van der Waals surface area contributed by atoms with Crippen LogP contribution in [0.2, 0.25) is 0 Å². The third-order valence-electron chi connectivity index (χ3n) is 2.52. The minimum absolute atomic E-state index is 0.198. The Labute approximate surface area is 93.4 Å². The molecule has 0 aliphatic rings. The van der Waals surface area contributed by atoms with Gasteiger partial charge in [0.05, 0.1) is 5.69 Å². The van der Waals surface area contributed by atoms with Crippen LogP contribution in [0.15, 0.2) is 12.4 Å². The summed E-state index contributed by atoms with van der Waals surface area (Å²) in [6.07, 6.45) is 3.45. The molecule has 0 aliphatic carbocycles. The van der Waals surface area contributed by atoms with Crippen LogP contribution in [0.1, 0.15) is 23.9 Å². The summed E-state index contributed by atoms with van der Waals surface area (Å²) in [5.41, 5.74) is 7.03. The summed E-state index contributed by atoms with van der Waals surface area (Å²) in [5, 5.41) is 1.17. The van der Waals surface area contributed by atoms with Crippen molar-refractivity contribution in [2.75, 3.05) is 0 Å². The van der Waals surface area contributed by atoms with Crippen molar-refractivity contribution in [3.05, 3.63) is 23.0 Å². The predicted octanol–water partition coefficient (Wildman–Crippen LogP) is 2.28. The van der Waals surface area contributed by atoms with E-state index in [0.717, 1.165) is 23.4 Å². The zero-order valence-corrected chi connectivity index (χ0v) is 9.84. The molecule has 0 fully saturated rings. The highest BCUT2D eigenvalue weighted by molar-refractivity contribution is 7.18. The van der Waals surface area contributed by atoms with E-state index in [-0.39, 0.29) is 6.04 Å². The minimum atomic E-state index is 0.198. The Morgan fingerprint density at radius 2 is 2.27 bits per heavy atom. The first kappa shape index (κ1) is 10.5. The fraction of sp³-hybridized carbons (Fsp3) is 0.455. The molecule has 2 rings (SSSR count). The molecule has 0 bridgehead atoms. The maximum absolute atomic E-state index is 5.95. The summed E-state index contributed by atoms with van der Waals surface area (Å²) in [5.74, 6) is 0. The van der Waals surface area contributed by atoms with Crippen molar-refractivity contribution in [1.29, 1.82) is 0 Å². The minimum Gasteiger partial charge on any atom is -0.327 e. The molecule has 0 amide bonds. The molecule has 0 spiro atoms. The fourth-order valence-electron chi connectivity index (χ4n) is 1.58. The van der Waals surface area contributed by atoms with Crippen molar-refractivity contribution in [1.82, 2.24) is 9.97 Å². The molecule has 2 heterocycles. The molecule has 80 valence electrons. The van der Waals surface area contributed by atoms with Crippen LogP contribution in [0, 0.1) is 6.92 Å². The smallest absolute Gasteiger partial charge is 0.127 e. The lowest BCUT2D eigenvalue weighted by molar-refractivity contribution is 0.639. The van der Waals surface area contributed by atoms with Gasteiger partial charge in [0.15, 0.2) is 0 Å². The second kappa shape index (κ2) is 4.24. The monoisotopic (exact) mass is 221 g/mol.